The molecule has 0 saturated heterocycles. The van der Waals surface area contributed by atoms with Gasteiger partial charge in [-0.2, -0.15) is 0 Å². The Morgan fingerprint density at radius 1 is 1.46 bits per heavy atom. The zero-order valence-corrected chi connectivity index (χ0v) is 10.4. The Kier molecular flexibility index (Phi) is 3.95. The predicted octanol–water partition coefficient (Wildman–Crippen LogP) is 3.75. The molecule has 13 heavy (non-hydrogen) atoms. The monoisotopic (exact) mass is 282 g/mol. The normalized spacial score (nSPS) is 13.0. The van der Waals surface area contributed by atoms with Gasteiger partial charge < -0.3 is 0 Å². The van der Waals surface area contributed by atoms with E-state index in [0.29, 0.717) is 11.0 Å². The van der Waals surface area contributed by atoms with E-state index >= 15 is 0 Å². The first-order valence-electron chi connectivity index (χ1n) is 3.92. The molecule has 1 heterocycles. The maximum Gasteiger partial charge on any atom is 0.147 e. The number of aryl methyl sites for hydroxylation is 1. The van der Waals surface area contributed by atoms with Crippen molar-refractivity contribution in [1.29, 1.82) is 0 Å². The maximum absolute atomic E-state index is 5.89. The average Bonchev–Trinajstić information content (AvgIpc) is 2.09. The molecular weight excluding hydrogens is 275 g/mol. The highest BCUT2D eigenvalue weighted by atomic mass is 79.9. The molecular formula is C8H9BrCl2N2. The molecule has 1 aromatic heterocycles. The first-order chi connectivity index (χ1) is 6.06. The molecule has 0 saturated carbocycles. The zero-order valence-electron chi connectivity index (χ0n) is 7.31. The molecule has 0 radical (unpaired) electrons. The third-order valence-corrected chi connectivity index (χ3v) is 3.12. The van der Waals surface area contributed by atoms with Gasteiger partial charge in [-0.15, -0.1) is 11.6 Å². The Balaban J connectivity index is 3.22. The molecule has 1 unspecified atom stereocenters. The van der Waals surface area contributed by atoms with Crippen molar-refractivity contribution in [2.24, 2.45) is 0 Å². The van der Waals surface area contributed by atoms with Gasteiger partial charge in [0, 0.05) is 0 Å². The highest BCUT2D eigenvalue weighted by molar-refractivity contribution is 9.10. The Morgan fingerprint density at radius 3 is 2.54 bits per heavy atom. The van der Waals surface area contributed by atoms with Gasteiger partial charge in [-0.1, -0.05) is 18.5 Å². The number of halogens is 3. The van der Waals surface area contributed by atoms with Crippen LogP contribution in [0.25, 0.3) is 0 Å². The summed E-state index contributed by atoms with van der Waals surface area (Å²) < 4.78 is 0.762. The largest absolute Gasteiger partial charge is 0.235 e. The van der Waals surface area contributed by atoms with Crippen molar-refractivity contribution in [2.45, 2.75) is 25.6 Å². The third-order valence-electron chi connectivity index (χ3n) is 1.59. The van der Waals surface area contributed by atoms with Gasteiger partial charge in [0.15, 0.2) is 0 Å². The first-order valence-corrected chi connectivity index (χ1v) is 5.52. The average molecular weight is 284 g/mol. The number of hydrogen-bond acceptors (Lipinski definition) is 2. The van der Waals surface area contributed by atoms with Crippen LogP contribution in [0, 0.1) is 0 Å². The minimum Gasteiger partial charge on any atom is -0.235 e. The summed E-state index contributed by atoms with van der Waals surface area (Å²) in [6.45, 7) is 3.83. The molecule has 0 spiro atoms. The van der Waals surface area contributed by atoms with Crippen LogP contribution < -0.4 is 0 Å². The number of aromatic nitrogens is 2. The summed E-state index contributed by atoms with van der Waals surface area (Å²) in [5.41, 5.74) is 0.891. The van der Waals surface area contributed by atoms with E-state index in [4.69, 9.17) is 23.2 Å². The van der Waals surface area contributed by atoms with E-state index in [2.05, 4.69) is 25.9 Å². The quantitative estimate of drug-likeness (QED) is 0.610. The highest BCUT2D eigenvalue weighted by Gasteiger charge is 2.12. The molecule has 0 N–H and O–H groups in total. The van der Waals surface area contributed by atoms with E-state index in [-0.39, 0.29) is 5.38 Å². The lowest BCUT2D eigenvalue weighted by molar-refractivity contribution is 0.860. The van der Waals surface area contributed by atoms with Gasteiger partial charge >= 0.3 is 0 Å². The fourth-order valence-corrected chi connectivity index (χ4v) is 1.64. The lowest BCUT2D eigenvalue weighted by Gasteiger charge is -2.07. The molecule has 0 aliphatic carbocycles. The molecule has 1 aromatic rings. The van der Waals surface area contributed by atoms with Crippen LogP contribution in [0.5, 0.6) is 0 Å². The maximum atomic E-state index is 5.89. The van der Waals surface area contributed by atoms with Gasteiger partial charge in [0.05, 0.1) is 15.5 Å². The molecule has 0 amide bonds. The van der Waals surface area contributed by atoms with E-state index in [1.807, 2.05) is 13.8 Å². The van der Waals surface area contributed by atoms with Crippen LogP contribution >= 0.6 is 39.1 Å². The number of hydrogen-bond donors (Lipinski definition) is 0. The standard InChI is InChI=1S/C8H9BrCl2N2/c1-3-5-6(9)7(11)13-8(12-5)4(2)10/h4H,3H2,1-2H3. The summed E-state index contributed by atoms with van der Waals surface area (Å²) in [6, 6.07) is 0. The number of nitrogens with zero attached hydrogens (tertiary/aromatic N) is 2. The second kappa shape index (κ2) is 4.58. The second-order valence-corrected chi connectivity index (χ2v) is 4.41. The molecule has 1 atom stereocenters. The van der Waals surface area contributed by atoms with Gasteiger partial charge in [-0.05, 0) is 29.3 Å². The van der Waals surface area contributed by atoms with Crippen LogP contribution in [0.15, 0.2) is 4.47 Å². The molecule has 0 aromatic carbocycles. The molecule has 72 valence electrons. The smallest absolute Gasteiger partial charge is 0.147 e. The van der Waals surface area contributed by atoms with Gasteiger partial charge in [-0.25, -0.2) is 9.97 Å². The Bertz CT molecular complexity index is 315. The van der Waals surface area contributed by atoms with Crippen molar-refractivity contribution in [3.8, 4) is 0 Å². The summed E-state index contributed by atoms with van der Waals surface area (Å²) in [4.78, 5) is 8.33. The Labute approximate surface area is 95.8 Å². The molecule has 1 rings (SSSR count). The molecule has 0 fully saturated rings. The lowest BCUT2D eigenvalue weighted by atomic mass is 10.3. The van der Waals surface area contributed by atoms with Gasteiger partial charge in [0.25, 0.3) is 0 Å². The predicted molar refractivity (Wildman–Crippen MR) is 58.4 cm³/mol. The van der Waals surface area contributed by atoms with Crippen molar-refractivity contribution >= 4 is 39.1 Å². The summed E-state index contributed by atoms with van der Waals surface area (Å²) in [5, 5.41) is 0.213. The summed E-state index contributed by atoms with van der Waals surface area (Å²) in [6.07, 6.45) is 0.805. The number of rotatable bonds is 2. The fourth-order valence-electron chi connectivity index (χ4n) is 0.893. The number of alkyl halides is 1. The Hall–Kier alpha value is 0.140. The van der Waals surface area contributed by atoms with Crippen molar-refractivity contribution < 1.29 is 0 Å². The van der Waals surface area contributed by atoms with Gasteiger partial charge in [0.1, 0.15) is 11.0 Å². The summed E-state index contributed by atoms with van der Waals surface area (Å²) >= 11 is 15.1. The van der Waals surface area contributed by atoms with Gasteiger partial charge in [-0.3, -0.25) is 0 Å². The highest BCUT2D eigenvalue weighted by Crippen LogP contribution is 2.26. The molecule has 0 bridgehead atoms. The molecule has 0 aliphatic rings. The topological polar surface area (TPSA) is 25.8 Å². The first kappa shape index (κ1) is 11.2. The van der Waals surface area contributed by atoms with E-state index in [1.165, 1.54) is 0 Å². The van der Waals surface area contributed by atoms with Gasteiger partial charge in [0.2, 0.25) is 0 Å². The minimum absolute atomic E-state index is 0.212. The Morgan fingerprint density at radius 2 is 2.08 bits per heavy atom. The van der Waals surface area contributed by atoms with E-state index in [1.54, 1.807) is 0 Å². The van der Waals surface area contributed by atoms with E-state index in [9.17, 15) is 0 Å². The van der Waals surface area contributed by atoms with E-state index in [0.717, 1.165) is 16.6 Å². The summed E-state index contributed by atoms with van der Waals surface area (Å²) in [7, 11) is 0. The van der Waals surface area contributed by atoms with Crippen molar-refractivity contribution in [1.82, 2.24) is 9.97 Å². The third kappa shape index (κ3) is 2.55. The van der Waals surface area contributed by atoms with Crippen LogP contribution in [0.1, 0.15) is 30.7 Å². The lowest BCUT2D eigenvalue weighted by Crippen LogP contribution is -2.01. The summed E-state index contributed by atoms with van der Waals surface area (Å²) in [5.74, 6) is 0.576. The van der Waals surface area contributed by atoms with Crippen LogP contribution in [0.4, 0.5) is 0 Å². The zero-order chi connectivity index (χ0) is 10.0. The van der Waals surface area contributed by atoms with Crippen LogP contribution in [0.3, 0.4) is 0 Å². The molecule has 0 aliphatic heterocycles. The van der Waals surface area contributed by atoms with Crippen LogP contribution in [0.2, 0.25) is 5.15 Å². The van der Waals surface area contributed by atoms with Crippen LogP contribution in [-0.2, 0) is 6.42 Å². The van der Waals surface area contributed by atoms with Crippen molar-refractivity contribution in [3.63, 3.8) is 0 Å². The molecule has 5 heteroatoms. The van der Waals surface area contributed by atoms with Crippen molar-refractivity contribution in [3.05, 3.63) is 21.1 Å². The fraction of sp³-hybridized carbons (Fsp3) is 0.500. The van der Waals surface area contributed by atoms with Crippen molar-refractivity contribution in [2.75, 3.05) is 0 Å². The van der Waals surface area contributed by atoms with Crippen LogP contribution in [-0.4, -0.2) is 9.97 Å². The van der Waals surface area contributed by atoms with E-state index < -0.39 is 0 Å². The minimum atomic E-state index is -0.212. The molecule has 2 nitrogen and oxygen atoms in total. The second-order valence-electron chi connectivity index (χ2n) is 2.60. The SMILES string of the molecule is CCc1nc(C(C)Cl)nc(Cl)c1Br.